The van der Waals surface area contributed by atoms with Gasteiger partial charge in [0.25, 0.3) is 0 Å². The maximum Gasteiger partial charge on any atom is 0.412 e. The minimum Gasteiger partial charge on any atom is -0.481 e. The topological polar surface area (TPSA) is 111 Å². The fourth-order valence-electron chi connectivity index (χ4n) is 4.94. The molecule has 5 rings (SSSR count). The number of ether oxygens (including phenoxy) is 2. The maximum atomic E-state index is 12.6. The van der Waals surface area contributed by atoms with Gasteiger partial charge >= 0.3 is 12.1 Å². The van der Waals surface area contributed by atoms with Crippen LogP contribution >= 0.6 is 0 Å². The van der Waals surface area contributed by atoms with Gasteiger partial charge < -0.3 is 19.1 Å². The average Bonchev–Trinajstić information content (AvgIpc) is 3.33. The molecule has 1 fully saturated rings. The second-order valence-corrected chi connectivity index (χ2v) is 9.71. The molecule has 0 aliphatic carbocycles. The van der Waals surface area contributed by atoms with Crippen molar-refractivity contribution in [2.24, 2.45) is 0 Å². The molecule has 2 N–H and O–H groups in total. The highest BCUT2D eigenvalue weighted by molar-refractivity contribution is 5.91. The molecule has 0 spiro atoms. The van der Waals surface area contributed by atoms with Crippen molar-refractivity contribution in [3.05, 3.63) is 95.7 Å². The maximum absolute atomic E-state index is 12.6. The van der Waals surface area contributed by atoms with Crippen molar-refractivity contribution in [3.8, 4) is 22.5 Å². The lowest BCUT2D eigenvalue weighted by molar-refractivity contribution is -0.147. The van der Waals surface area contributed by atoms with E-state index < -0.39 is 23.6 Å². The Morgan fingerprint density at radius 2 is 1.51 bits per heavy atom. The number of carboxylic acid groups (broad SMARTS) is 1. The van der Waals surface area contributed by atoms with Crippen LogP contribution in [0.5, 0.6) is 0 Å². The average molecular weight is 527 g/mol. The summed E-state index contributed by atoms with van der Waals surface area (Å²) in [4.78, 5) is 24.7. The molecule has 1 aromatic heterocycles. The largest absolute Gasteiger partial charge is 0.481 e. The Hall–Kier alpha value is -4.43. The SMILES string of the molecule is Cc1noc(-c2ccc(-c3ccc(C4(C(=O)O)CCOCC4)cc3)cc2)c1NC(=O)OC(C)c1ccccc1. The predicted molar refractivity (Wildman–Crippen MR) is 146 cm³/mol. The van der Waals surface area contributed by atoms with Crippen molar-refractivity contribution < 1.29 is 28.7 Å². The van der Waals surface area contributed by atoms with Gasteiger partial charge in [0.1, 0.15) is 17.5 Å². The van der Waals surface area contributed by atoms with Gasteiger partial charge in [-0.1, -0.05) is 84.0 Å². The molecule has 1 aliphatic rings. The molecule has 1 saturated heterocycles. The van der Waals surface area contributed by atoms with Gasteiger partial charge in [-0.2, -0.15) is 0 Å². The first kappa shape index (κ1) is 26.2. The molecule has 2 heterocycles. The quantitative estimate of drug-likeness (QED) is 0.274. The third-order valence-corrected chi connectivity index (χ3v) is 7.32. The number of carboxylic acids is 1. The second-order valence-electron chi connectivity index (χ2n) is 9.71. The van der Waals surface area contributed by atoms with Crippen molar-refractivity contribution in [1.82, 2.24) is 5.16 Å². The number of carbonyl (C=O) groups is 2. The monoisotopic (exact) mass is 526 g/mol. The van der Waals surface area contributed by atoms with Crippen LogP contribution in [0.25, 0.3) is 22.5 Å². The van der Waals surface area contributed by atoms with Gasteiger partial charge in [0.05, 0.1) is 5.41 Å². The Morgan fingerprint density at radius 3 is 2.13 bits per heavy atom. The number of aliphatic carboxylic acids is 1. The van der Waals surface area contributed by atoms with E-state index >= 15 is 0 Å². The van der Waals surface area contributed by atoms with Crippen molar-refractivity contribution >= 4 is 17.7 Å². The fourth-order valence-corrected chi connectivity index (χ4v) is 4.94. The number of carbonyl (C=O) groups excluding carboxylic acids is 1. The van der Waals surface area contributed by atoms with Crippen LogP contribution in [-0.2, 0) is 19.7 Å². The molecule has 0 bridgehead atoms. The number of aryl methyl sites for hydroxylation is 1. The Kier molecular flexibility index (Phi) is 7.47. The summed E-state index contributed by atoms with van der Waals surface area (Å²) in [5.74, 6) is -0.380. The predicted octanol–water partition coefficient (Wildman–Crippen LogP) is 6.76. The number of amides is 1. The highest BCUT2D eigenvalue weighted by atomic mass is 16.6. The molecule has 1 amide bonds. The summed E-state index contributed by atoms with van der Waals surface area (Å²) in [5, 5.41) is 16.8. The minimum atomic E-state index is -0.909. The van der Waals surface area contributed by atoms with Crippen molar-refractivity contribution in [2.75, 3.05) is 18.5 Å². The van der Waals surface area contributed by atoms with E-state index in [2.05, 4.69) is 10.5 Å². The normalized spacial score (nSPS) is 15.3. The molecule has 1 atom stereocenters. The smallest absolute Gasteiger partial charge is 0.412 e. The molecule has 39 heavy (non-hydrogen) atoms. The van der Waals surface area contributed by atoms with Gasteiger partial charge in [-0.15, -0.1) is 0 Å². The number of nitrogens with one attached hydrogen (secondary N) is 1. The number of aromatic nitrogens is 1. The van der Waals surface area contributed by atoms with Crippen LogP contribution in [0.1, 0.15) is 42.7 Å². The molecule has 1 aliphatic heterocycles. The number of rotatable bonds is 7. The molecule has 0 radical (unpaired) electrons. The van der Waals surface area contributed by atoms with Crippen molar-refractivity contribution in [2.45, 2.75) is 38.2 Å². The minimum absolute atomic E-state index is 0.419. The highest BCUT2D eigenvalue weighted by Gasteiger charge is 2.41. The van der Waals surface area contributed by atoms with E-state index in [-0.39, 0.29) is 0 Å². The van der Waals surface area contributed by atoms with E-state index in [0.717, 1.165) is 27.8 Å². The van der Waals surface area contributed by atoms with E-state index in [1.807, 2.05) is 85.8 Å². The van der Waals surface area contributed by atoms with Crippen LogP contribution in [0, 0.1) is 6.92 Å². The molecule has 8 heteroatoms. The fraction of sp³-hybridized carbons (Fsp3) is 0.258. The molecular formula is C31H30N2O6. The summed E-state index contributed by atoms with van der Waals surface area (Å²) in [5.41, 5.74) is 4.43. The van der Waals surface area contributed by atoms with Crippen molar-refractivity contribution in [3.63, 3.8) is 0 Å². The van der Waals surface area contributed by atoms with E-state index in [9.17, 15) is 14.7 Å². The van der Waals surface area contributed by atoms with E-state index in [1.54, 1.807) is 6.92 Å². The first-order chi connectivity index (χ1) is 18.9. The Morgan fingerprint density at radius 1 is 0.923 bits per heavy atom. The molecule has 3 aromatic carbocycles. The Labute approximate surface area is 226 Å². The standard InChI is InChI=1S/C31H30N2O6/c1-20-27(32-30(36)38-21(2)22-6-4-3-5-7-22)28(39-33-20)25-10-8-23(9-11-25)24-12-14-26(15-13-24)31(29(34)35)16-18-37-19-17-31/h3-15,21H,16-19H2,1-2H3,(H,32,36)(H,34,35). The van der Waals surface area contributed by atoms with E-state index in [1.165, 1.54) is 0 Å². The molecule has 8 nitrogen and oxygen atoms in total. The molecule has 0 saturated carbocycles. The lowest BCUT2D eigenvalue weighted by Gasteiger charge is -2.33. The zero-order valence-electron chi connectivity index (χ0n) is 21.8. The van der Waals surface area contributed by atoms with Crippen LogP contribution in [0.15, 0.2) is 83.4 Å². The Bertz CT molecular complexity index is 1440. The zero-order chi connectivity index (χ0) is 27.4. The summed E-state index contributed by atoms with van der Waals surface area (Å²) in [7, 11) is 0. The number of anilines is 1. The van der Waals surface area contributed by atoms with Gasteiger partial charge in [0.15, 0.2) is 5.76 Å². The summed E-state index contributed by atoms with van der Waals surface area (Å²) in [6, 6.07) is 24.9. The summed E-state index contributed by atoms with van der Waals surface area (Å²) >= 11 is 0. The Balaban J connectivity index is 1.31. The third-order valence-electron chi connectivity index (χ3n) is 7.32. The number of hydrogen-bond donors (Lipinski definition) is 2. The molecule has 1 unspecified atom stereocenters. The van der Waals surface area contributed by atoms with Gasteiger partial charge in [-0.25, -0.2) is 4.79 Å². The van der Waals surface area contributed by atoms with Crippen LogP contribution in [0.2, 0.25) is 0 Å². The third kappa shape index (κ3) is 5.42. The van der Waals surface area contributed by atoms with Gasteiger partial charge in [-0.3, -0.25) is 10.1 Å². The molecule has 200 valence electrons. The zero-order valence-corrected chi connectivity index (χ0v) is 21.8. The number of benzene rings is 3. The highest BCUT2D eigenvalue weighted by Crippen LogP contribution is 2.37. The summed E-state index contributed by atoms with van der Waals surface area (Å²) < 4.78 is 16.5. The number of hydrogen-bond acceptors (Lipinski definition) is 6. The van der Waals surface area contributed by atoms with Crippen LogP contribution < -0.4 is 5.32 Å². The lowest BCUT2D eigenvalue weighted by Crippen LogP contribution is -2.41. The van der Waals surface area contributed by atoms with Crippen LogP contribution in [0.3, 0.4) is 0 Å². The first-order valence-corrected chi connectivity index (χ1v) is 12.9. The van der Waals surface area contributed by atoms with Gasteiger partial charge in [-0.05, 0) is 48.9 Å². The summed E-state index contributed by atoms with van der Waals surface area (Å²) in [6.45, 7) is 4.45. The van der Waals surface area contributed by atoms with Gasteiger partial charge in [0.2, 0.25) is 0 Å². The lowest BCUT2D eigenvalue weighted by atomic mass is 9.74. The summed E-state index contributed by atoms with van der Waals surface area (Å²) in [6.07, 6.45) is -0.0963. The molecular weight excluding hydrogens is 496 g/mol. The van der Waals surface area contributed by atoms with Gasteiger partial charge in [0, 0.05) is 18.8 Å². The molecule has 4 aromatic rings. The van der Waals surface area contributed by atoms with Crippen molar-refractivity contribution in [1.29, 1.82) is 0 Å². The van der Waals surface area contributed by atoms with E-state index in [0.29, 0.717) is 43.2 Å². The van der Waals surface area contributed by atoms with Crippen LogP contribution in [0.4, 0.5) is 10.5 Å². The first-order valence-electron chi connectivity index (χ1n) is 12.9. The van der Waals surface area contributed by atoms with Crippen LogP contribution in [-0.4, -0.2) is 35.5 Å². The second kappa shape index (κ2) is 11.1. The van der Waals surface area contributed by atoms with E-state index in [4.69, 9.17) is 14.0 Å². The number of nitrogens with zero attached hydrogens (tertiary/aromatic N) is 1.